The number of sulfonamides is 1. The van der Waals surface area contributed by atoms with Gasteiger partial charge < -0.3 is 5.32 Å². The second-order valence-corrected chi connectivity index (χ2v) is 7.51. The van der Waals surface area contributed by atoms with Crippen molar-refractivity contribution in [3.05, 3.63) is 11.4 Å². The lowest BCUT2D eigenvalue weighted by atomic mass is 9.79. The molecule has 1 saturated carbocycles. The standard InChI is InChI=1S/C13H22N4O3S/c1-7-4-5-10(6-8(7)2)15-13(18)11-12(21(14,19)20)9(3)16-17-11/h7-8,10H,4-6H2,1-3H3,(H,15,18)(H,16,17)(H2,14,19,20). The number of amides is 1. The fourth-order valence-electron chi connectivity index (χ4n) is 2.85. The Morgan fingerprint density at radius 2 is 2.00 bits per heavy atom. The van der Waals surface area contributed by atoms with Crippen LogP contribution in [0.3, 0.4) is 0 Å². The molecule has 1 aromatic rings. The van der Waals surface area contributed by atoms with Crippen LogP contribution in [0.15, 0.2) is 4.90 Å². The van der Waals surface area contributed by atoms with Gasteiger partial charge in [-0.3, -0.25) is 9.89 Å². The summed E-state index contributed by atoms with van der Waals surface area (Å²) in [5.41, 5.74) is 0.120. The Labute approximate surface area is 124 Å². The Morgan fingerprint density at radius 1 is 1.33 bits per heavy atom. The van der Waals surface area contributed by atoms with E-state index in [4.69, 9.17) is 5.14 Å². The quantitative estimate of drug-likeness (QED) is 0.768. The third kappa shape index (κ3) is 3.44. The molecule has 1 heterocycles. The number of aryl methyl sites for hydroxylation is 1. The maximum Gasteiger partial charge on any atom is 0.273 e. The Hall–Kier alpha value is -1.41. The van der Waals surface area contributed by atoms with Crippen molar-refractivity contribution < 1.29 is 13.2 Å². The van der Waals surface area contributed by atoms with Gasteiger partial charge in [-0.05, 0) is 38.0 Å². The van der Waals surface area contributed by atoms with E-state index in [1.54, 1.807) is 0 Å². The van der Waals surface area contributed by atoms with Gasteiger partial charge in [0.15, 0.2) is 5.69 Å². The first-order valence-electron chi connectivity index (χ1n) is 7.08. The molecule has 0 aromatic carbocycles. The number of primary sulfonamides is 1. The minimum absolute atomic E-state index is 0.0500. The van der Waals surface area contributed by atoms with Gasteiger partial charge in [-0.25, -0.2) is 13.6 Å². The molecular weight excluding hydrogens is 292 g/mol. The van der Waals surface area contributed by atoms with E-state index in [0.717, 1.165) is 19.3 Å². The second kappa shape index (κ2) is 5.76. The molecule has 8 heteroatoms. The predicted octanol–water partition coefficient (Wildman–Crippen LogP) is 0.920. The lowest BCUT2D eigenvalue weighted by Gasteiger charge is -2.32. The molecule has 0 radical (unpaired) electrons. The largest absolute Gasteiger partial charge is 0.348 e. The number of rotatable bonds is 3. The van der Waals surface area contributed by atoms with Gasteiger partial charge in [0.25, 0.3) is 5.91 Å². The fourth-order valence-corrected chi connectivity index (χ4v) is 3.73. The average molecular weight is 314 g/mol. The molecular formula is C13H22N4O3S. The highest BCUT2D eigenvalue weighted by atomic mass is 32.2. The molecule has 2 rings (SSSR count). The third-order valence-corrected chi connectivity index (χ3v) is 5.39. The molecule has 1 aliphatic carbocycles. The van der Waals surface area contributed by atoms with Crippen LogP contribution in [-0.4, -0.2) is 30.6 Å². The first kappa shape index (κ1) is 16.0. The highest BCUT2D eigenvalue weighted by Gasteiger charge is 2.29. The molecule has 4 N–H and O–H groups in total. The molecule has 3 unspecified atom stereocenters. The number of aromatic nitrogens is 2. The van der Waals surface area contributed by atoms with E-state index < -0.39 is 15.9 Å². The molecule has 0 aliphatic heterocycles. The Bertz CT molecular complexity index is 638. The highest BCUT2D eigenvalue weighted by molar-refractivity contribution is 7.89. The second-order valence-electron chi connectivity index (χ2n) is 6.01. The summed E-state index contributed by atoms with van der Waals surface area (Å²) < 4.78 is 23.1. The molecule has 1 aliphatic rings. The third-order valence-electron chi connectivity index (χ3n) is 4.32. The summed E-state index contributed by atoms with van der Waals surface area (Å²) in [6.45, 7) is 5.89. The first-order valence-corrected chi connectivity index (χ1v) is 8.63. The lowest BCUT2D eigenvalue weighted by Crippen LogP contribution is -2.40. The van der Waals surface area contributed by atoms with E-state index in [-0.39, 0.29) is 22.3 Å². The maximum atomic E-state index is 12.3. The van der Waals surface area contributed by atoms with Crippen LogP contribution in [0.2, 0.25) is 0 Å². The Kier molecular flexibility index (Phi) is 4.38. The van der Waals surface area contributed by atoms with Crippen molar-refractivity contribution in [2.75, 3.05) is 0 Å². The van der Waals surface area contributed by atoms with E-state index in [1.807, 2.05) is 0 Å². The maximum absolute atomic E-state index is 12.3. The minimum atomic E-state index is -3.98. The van der Waals surface area contributed by atoms with Gasteiger partial charge in [0.05, 0.1) is 5.69 Å². The van der Waals surface area contributed by atoms with Crippen LogP contribution in [0.25, 0.3) is 0 Å². The molecule has 0 bridgehead atoms. The van der Waals surface area contributed by atoms with Crippen molar-refractivity contribution in [2.45, 2.75) is 51.0 Å². The van der Waals surface area contributed by atoms with Gasteiger partial charge in [0.1, 0.15) is 4.90 Å². The van der Waals surface area contributed by atoms with Crippen LogP contribution >= 0.6 is 0 Å². The van der Waals surface area contributed by atoms with Crippen LogP contribution < -0.4 is 10.5 Å². The number of aromatic amines is 1. The Morgan fingerprint density at radius 3 is 2.57 bits per heavy atom. The summed E-state index contributed by atoms with van der Waals surface area (Å²) >= 11 is 0. The zero-order valence-corrected chi connectivity index (χ0v) is 13.3. The summed E-state index contributed by atoms with van der Waals surface area (Å²) in [5, 5.41) is 14.3. The number of nitrogens with two attached hydrogens (primary N) is 1. The number of hydrogen-bond acceptors (Lipinski definition) is 4. The topological polar surface area (TPSA) is 118 Å². The lowest BCUT2D eigenvalue weighted by molar-refractivity contribution is 0.0902. The molecule has 1 amide bonds. The molecule has 118 valence electrons. The Balaban J connectivity index is 2.15. The summed E-state index contributed by atoms with van der Waals surface area (Å²) in [6.07, 6.45) is 2.83. The van der Waals surface area contributed by atoms with Crippen molar-refractivity contribution in [1.29, 1.82) is 0 Å². The number of nitrogens with one attached hydrogen (secondary N) is 2. The van der Waals surface area contributed by atoms with Gasteiger partial charge in [-0.15, -0.1) is 0 Å². The number of carbonyl (C=O) groups excluding carboxylic acids is 1. The smallest absolute Gasteiger partial charge is 0.273 e. The zero-order valence-electron chi connectivity index (χ0n) is 12.5. The van der Waals surface area contributed by atoms with E-state index in [2.05, 4.69) is 29.4 Å². The van der Waals surface area contributed by atoms with Crippen molar-refractivity contribution in [3.63, 3.8) is 0 Å². The molecule has 21 heavy (non-hydrogen) atoms. The molecule has 1 fully saturated rings. The first-order chi connectivity index (χ1) is 9.70. The SMILES string of the molecule is Cc1[nH]nc(C(=O)NC2CCC(C)C(C)C2)c1S(N)(=O)=O. The molecule has 3 atom stereocenters. The van der Waals surface area contributed by atoms with E-state index >= 15 is 0 Å². The van der Waals surface area contributed by atoms with Gasteiger partial charge in [0, 0.05) is 6.04 Å². The summed E-state index contributed by atoms with van der Waals surface area (Å²) in [4.78, 5) is 12.0. The molecule has 0 spiro atoms. The van der Waals surface area contributed by atoms with E-state index in [9.17, 15) is 13.2 Å². The van der Waals surface area contributed by atoms with Gasteiger partial charge in [-0.2, -0.15) is 5.10 Å². The predicted molar refractivity (Wildman–Crippen MR) is 78.1 cm³/mol. The van der Waals surface area contributed by atoms with Crippen molar-refractivity contribution in [3.8, 4) is 0 Å². The minimum Gasteiger partial charge on any atom is -0.348 e. The average Bonchev–Trinajstić information content (AvgIpc) is 2.76. The summed E-state index contributed by atoms with van der Waals surface area (Å²) in [6, 6.07) is 0.0500. The van der Waals surface area contributed by atoms with Gasteiger partial charge in [0.2, 0.25) is 10.0 Å². The van der Waals surface area contributed by atoms with Gasteiger partial charge in [-0.1, -0.05) is 13.8 Å². The molecule has 7 nitrogen and oxygen atoms in total. The van der Waals surface area contributed by atoms with Crippen LogP contribution in [0.4, 0.5) is 0 Å². The number of carbonyl (C=O) groups is 1. The molecule has 0 saturated heterocycles. The van der Waals surface area contributed by atoms with Crippen LogP contribution in [0.1, 0.15) is 49.3 Å². The zero-order chi connectivity index (χ0) is 15.8. The number of hydrogen-bond donors (Lipinski definition) is 3. The van der Waals surface area contributed by atoms with Crippen LogP contribution in [-0.2, 0) is 10.0 Å². The summed E-state index contributed by atoms with van der Waals surface area (Å²) in [5.74, 6) is 0.684. The van der Waals surface area contributed by atoms with E-state index in [1.165, 1.54) is 6.92 Å². The number of H-pyrrole nitrogens is 1. The van der Waals surface area contributed by atoms with Crippen LogP contribution in [0.5, 0.6) is 0 Å². The van der Waals surface area contributed by atoms with E-state index in [0.29, 0.717) is 11.8 Å². The van der Waals surface area contributed by atoms with Crippen LogP contribution in [0, 0.1) is 18.8 Å². The molecule has 1 aromatic heterocycles. The fraction of sp³-hybridized carbons (Fsp3) is 0.692. The van der Waals surface area contributed by atoms with Crippen molar-refractivity contribution in [2.24, 2.45) is 17.0 Å². The summed E-state index contributed by atoms with van der Waals surface area (Å²) in [7, 11) is -3.98. The van der Waals surface area contributed by atoms with Gasteiger partial charge >= 0.3 is 0 Å². The monoisotopic (exact) mass is 314 g/mol. The normalized spacial score (nSPS) is 26.6. The van der Waals surface area contributed by atoms with Crippen molar-refractivity contribution in [1.82, 2.24) is 15.5 Å². The highest BCUT2D eigenvalue weighted by Crippen LogP contribution is 2.29. The number of nitrogens with zero attached hydrogens (tertiary/aromatic N) is 1. The van der Waals surface area contributed by atoms with Crippen molar-refractivity contribution >= 4 is 15.9 Å².